The first-order valence-electron chi connectivity index (χ1n) is 5.68. The van der Waals surface area contributed by atoms with Crippen LogP contribution in [0.2, 0.25) is 0 Å². The smallest absolute Gasteiger partial charge is 0.194 e. The summed E-state index contributed by atoms with van der Waals surface area (Å²) in [5, 5.41) is 9.24. The zero-order valence-electron chi connectivity index (χ0n) is 10.3. The van der Waals surface area contributed by atoms with Crippen LogP contribution in [0, 0.1) is 25.2 Å². The highest BCUT2D eigenvalue weighted by Gasteiger charge is 2.22. The van der Waals surface area contributed by atoms with Gasteiger partial charge >= 0.3 is 0 Å². The number of carbonyl (C=O) groups is 1. The van der Waals surface area contributed by atoms with Gasteiger partial charge in [-0.2, -0.15) is 5.26 Å². The molecule has 0 fully saturated rings. The number of carbonyl (C=O) groups excluding carboxylic acids is 1. The molecule has 0 saturated heterocycles. The zero-order valence-corrected chi connectivity index (χ0v) is 11.1. The van der Waals surface area contributed by atoms with E-state index < -0.39 is 5.92 Å². The minimum atomic E-state index is -0.706. The van der Waals surface area contributed by atoms with Crippen molar-refractivity contribution in [3.8, 4) is 6.07 Å². The average molecular weight is 255 g/mol. The van der Waals surface area contributed by atoms with E-state index in [1.165, 1.54) is 11.3 Å². The van der Waals surface area contributed by atoms with E-state index in [-0.39, 0.29) is 5.78 Å². The van der Waals surface area contributed by atoms with Crippen LogP contribution in [0.3, 0.4) is 0 Å². The van der Waals surface area contributed by atoms with Gasteiger partial charge in [0.25, 0.3) is 0 Å². The number of Topliss-reactive ketones (excluding diaryl/α,β-unsaturated/α-hetero) is 1. The summed E-state index contributed by atoms with van der Waals surface area (Å²) in [6.07, 6.45) is 0. The SMILES string of the molecule is Cc1cccc(C(C#N)C(=O)c2ccc(C)s2)c1. The van der Waals surface area contributed by atoms with Crippen molar-refractivity contribution in [3.05, 3.63) is 57.3 Å². The largest absolute Gasteiger partial charge is 0.291 e. The van der Waals surface area contributed by atoms with Gasteiger partial charge in [-0.15, -0.1) is 11.3 Å². The van der Waals surface area contributed by atoms with Crippen molar-refractivity contribution < 1.29 is 4.79 Å². The Bertz CT molecular complexity index is 621. The topological polar surface area (TPSA) is 40.9 Å². The third kappa shape index (κ3) is 2.49. The third-order valence-electron chi connectivity index (χ3n) is 2.75. The van der Waals surface area contributed by atoms with Crippen molar-refractivity contribution in [1.82, 2.24) is 0 Å². The van der Waals surface area contributed by atoms with E-state index in [0.29, 0.717) is 4.88 Å². The van der Waals surface area contributed by atoms with Crippen molar-refractivity contribution >= 4 is 17.1 Å². The van der Waals surface area contributed by atoms with Crippen LogP contribution in [-0.4, -0.2) is 5.78 Å². The first-order chi connectivity index (χ1) is 8.61. The Morgan fingerprint density at radius 1 is 1.28 bits per heavy atom. The summed E-state index contributed by atoms with van der Waals surface area (Å²) < 4.78 is 0. The minimum absolute atomic E-state index is 0.110. The Labute approximate surface area is 111 Å². The molecule has 0 bridgehead atoms. The highest BCUT2D eigenvalue weighted by molar-refractivity contribution is 7.14. The van der Waals surface area contributed by atoms with Crippen molar-refractivity contribution in [3.63, 3.8) is 0 Å². The van der Waals surface area contributed by atoms with Gasteiger partial charge in [-0.1, -0.05) is 29.8 Å². The highest BCUT2D eigenvalue weighted by Crippen LogP contribution is 2.25. The molecule has 1 atom stereocenters. The van der Waals surface area contributed by atoms with E-state index in [4.69, 9.17) is 0 Å². The molecule has 0 aliphatic carbocycles. The predicted octanol–water partition coefficient (Wildman–Crippen LogP) is 3.86. The predicted molar refractivity (Wildman–Crippen MR) is 72.9 cm³/mol. The fraction of sp³-hybridized carbons (Fsp3) is 0.200. The normalized spacial score (nSPS) is 11.8. The zero-order chi connectivity index (χ0) is 13.1. The van der Waals surface area contributed by atoms with Gasteiger partial charge in [0.1, 0.15) is 5.92 Å². The van der Waals surface area contributed by atoms with Crippen LogP contribution in [0.15, 0.2) is 36.4 Å². The standard InChI is InChI=1S/C15H13NOS/c1-10-4-3-5-12(8-10)13(9-16)15(17)14-7-6-11(2)18-14/h3-8,13H,1-2H3. The molecule has 90 valence electrons. The Kier molecular flexibility index (Phi) is 3.59. The lowest BCUT2D eigenvalue weighted by Crippen LogP contribution is -2.09. The molecular weight excluding hydrogens is 242 g/mol. The monoisotopic (exact) mass is 255 g/mol. The van der Waals surface area contributed by atoms with Crippen molar-refractivity contribution in [2.24, 2.45) is 0 Å². The molecule has 1 aromatic carbocycles. The van der Waals surface area contributed by atoms with Crippen LogP contribution in [-0.2, 0) is 0 Å². The van der Waals surface area contributed by atoms with E-state index in [1.54, 1.807) is 6.07 Å². The van der Waals surface area contributed by atoms with Crippen molar-refractivity contribution in [1.29, 1.82) is 5.26 Å². The summed E-state index contributed by atoms with van der Waals surface area (Å²) in [4.78, 5) is 14.0. The van der Waals surface area contributed by atoms with Gasteiger partial charge in [0.2, 0.25) is 0 Å². The molecule has 1 unspecified atom stereocenters. The summed E-state index contributed by atoms with van der Waals surface area (Å²) in [5.74, 6) is -0.816. The summed E-state index contributed by atoms with van der Waals surface area (Å²) in [6, 6.07) is 13.4. The summed E-state index contributed by atoms with van der Waals surface area (Å²) in [6.45, 7) is 3.91. The number of nitrogens with zero attached hydrogens (tertiary/aromatic N) is 1. The van der Waals surface area contributed by atoms with E-state index >= 15 is 0 Å². The van der Waals surface area contributed by atoms with Gasteiger partial charge in [-0.05, 0) is 31.5 Å². The summed E-state index contributed by atoms with van der Waals surface area (Å²) >= 11 is 1.44. The summed E-state index contributed by atoms with van der Waals surface area (Å²) in [7, 11) is 0. The molecule has 2 nitrogen and oxygen atoms in total. The van der Waals surface area contributed by atoms with Crippen LogP contribution in [0.5, 0.6) is 0 Å². The maximum absolute atomic E-state index is 12.3. The molecule has 0 N–H and O–H groups in total. The number of hydrogen-bond acceptors (Lipinski definition) is 3. The van der Waals surface area contributed by atoms with Crippen LogP contribution in [0.1, 0.15) is 31.6 Å². The Morgan fingerprint density at radius 3 is 2.61 bits per heavy atom. The van der Waals surface area contributed by atoms with E-state index in [1.807, 2.05) is 44.2 Å². The maximum Gasteiger partial charge on any atom is 0.194 e. The molecule has 0 saturated carbocycles. The first kappa shape index (κ1) is 12.5. The third-order valence-corrected chi connectivity index (χ3v) is 3.77. The van der Waals surface area contributed by atoms with Gasteiger partial charge in [0.05, 0.1) is 10.9 Å². The molecular formula is C15H13NOS. The minimum Gasteiger partial charge on any atom is -0.291 e. The van der Waals surface area contributed by atoms with Gasteiger partial charge in [-0.3, -0.25) is 4.79 Å². The second-order valence-corrected chi connectivity index (χ2v) is 5.54. The van der Waals surface area contributed by atoms with Crippen LogP contribution >= 0.6 is 11.3 Å². The second kappa shape index (κ2) is 5.16. The summed E-state index contributed by atoms with van der Waals surface area (Å²) in [5.41, 5.74) is 1.83. The van der Waals surface area contributed by atoms with E-state index in [0.717, 1.165) is 16.0 Å². The molecule has 18 heavy (non-hydrogen) atoms. The van der Waals surface area contributed by atoms with Gasteiger partial charge in [-0.25, -0.2) is 0 Å². The van der Waals surface area contributed by atoms with Crippen molar-refractivity contribution in [2.45, 2.75) is 19.8 Å². The lowest BCUT2D eigenvalue weighted by atomic mass is 9.94. The molecule has 0 aliphatic rings. The number of ketones is 1. The van der Waals surface area contributed by atoms with E-state index in [9.17, 15) is 10.1 Å². The van der Waals surface area contributed by atoms with Gasteiger partial charge in [0.15, 0.2) is 5.78 Å². The first-order valence-corrected chi connectivity index (χ1v) is 6.50. The fourth-order valence-corrected chi connectivity index (χ4v) is 2.68. The molecule has 0 radical (unpaired) electrons. The second-order valence-electron chi connectivity index (χ2n) is 4.25. The molecule has 3 heteroatoms. The molecule has 2 rings (SSSR count). The molecule has 1 heterocycles. The van der Waals surface area contributed by atoms with Gasteiger partial charge in [0, 0.05) is 4.88 Å². The number of aryl methyl sites for hydroxylation is 2. The quantitative estimate of drug-likeness (QED) is 0.781. The number of rotatable bonds is 3. The fourth-order valence-electron chi connectivity index (χ4n) is 1.84. The van der Waals surface area contributed by atoms with Crippen molar-refractivity contribution in [2.75, 3.05) is 0 Å². The number of nitriles is 1. The van der Waals surface area contributed by atoms with Crippen LogP contribution in [0.4, 0.5) is 0 Å². The molecule has 1 aromatic heterocycles. The molecule has 2 aromatic rings. The average Bonchev–Trinajstić information content (AvgIpc) is 2.77. The lowest BCUT2D eigenvalue weighted by Gasteiger charge is -2.07. The molecule has 0 aliphatic heterocycles. The lowest BCUT2D eigenvalue weighted by molar-refractivity contribution is 0.0983. The van der Waals surface area contributed by atoms with Crippen LogP contribution < -0.4 is 0 Å². The van der Waals surface area contributed by atoms with Gasteiger partial charge < -0.3 is 0 Å². The Hall–Kier alpha value is -1.92. The van der Waals surface area contributed by atoms with Crippen LogP contribution in [0.25, 0.3) is 0 Å². The maximum atomic E-state index is 12.3. The number of thiophene rings is 1. The Morgan fingerprint density at radius 2 is 2.06 bits per heavy atom. The Balaban J connectivity index is 2.35. The van der Waals surface area contributed by atoms with E-state index in [2.05, 4.69) is 6.07 Å². The number of hydrogen-bond donors (Lipinski definition) is 0. The molecule has 0 spiro atoms. The molecule has 0 amide bonds. The number of benzene rings is 1. The highest BCUT2D eigenvalue weighted by atomic mass is 32.1.